The van der Waals surface area contributed by atoms with E-state index in [0.29, 0.717) is 31.5 Å². The summed E-state index contributed by atoms with van der Waals surface area (Å²) in [7, 11) is 2.13. The number of piperidine rings is 1. The molecule has 1 amide bonds. The third-order valence-corrected chi connectivity index (χ3v) is 4.64. The average molecular weight is 268 g/mol. The molecule has 0 N–H and O–H groups in total. The summed E-state index contributed by atoms with van der Waals surface area (Å²) < 4.78 is 11.4. The van der Waals surface area contributed by atoms with E-state index in [1.54, 1.807) is 0 Å². The van der Waals surface area contributed by atoms with Gasteiger partial charge in [0.1, 0.15) is 0 Å². The minimum atomic E-state index is -0.371. The van der Waals surface area contributed by atoms with E-state index in [-0.39, 0.29) is 5.79 Å². The Balaban J connectivity index is 1.46. The summed E-state index contributed by atoms with van der Waals surface area (Å²) in [6, 6.07) is 0. The lowest BCUT2D eigenvalue weighted by molar-refractivity contribution is -0.187. The second-order valence-corrected chi connectivity index (χ2v) is 6.11. The van der Waals surface area contributed by atoms with Crippen molar-refractivity contribution in [1.29, 1.82) is 0 Å². The average Bonchev–Trinajstić information content (AvgIpc) is 3.00. The van der Waals surface area contributed by atoms with Gasteiger partial charge in [-0.25, -0.2) is 0 Å². The van der Waals surface area contributed by atoms with Gasteiger partial charge in [0.15, 0.2) is 5.79 Å². The Morgan fingerprint density at radius 2 is 1.89 bits per heavy atom. The summed E-state index contributed by atoms with van der Waals surface area (Å²) in [5, 5.41) is 0. The molecule has 0 radical (unpaired) electrons. The van der Waals surface area contributed by atoms with E-state index in [1.165, 1.54) is 0 Å². The lowest BCUT2D eigenvalue weighted by Crippen LogP contribution is -2.47. The van der Waals surface area contributed by atoms with Crippen molar-refractivity contribution in [3.05, 3.63) is 0 Å². The van der Waals surface area contributed by atoms with Crippen molar-refractivity contribution in [2.75, 3.05) is 46.4 Å². The fraction of sp³-hybridized carbons (Fsp3) is 0.929. The SMILES string of the molecule is CN1CCC(CC(=O)N2CCC3(CC2)OCCO3)C1. The second-order valence-electron chi connectivity index (χ2n) is 6.11. The van der Waals surface area contributed by atoms with Crippen LogP contribution in [0.3, 0.4) is 0 Å². The molecule has 0 bridgehead atoms. The highest BCUT2D eigenvalue weighted by molar-refractivity contribution is 5.76. The number of carbonyl (C=O) groups excluding carboxylic acids is 1. The number of carbonyl (C=O) groups is 1. The molecule has 3 saturated heterocycles. The van der Waals surface area contributed by atoms with E-state index < -0.39 is 0 Å². The molecule has 1 atom stereocenters. The van der Waals surface area contributed by atoms with Crippen LogP contribution >= 0.6 is 0 Å². The van der Waals surface area contributed by atoms with E-state index in [9.17, 15) is 4.79 Å². The smallest absolute Gasteiger partial charge is 0.222 e. The van der Waals surface area contributed by atoms with E-state index in [2.05, 4.69) is 11.9 Å². The maximum Gasteiger partial charge on any atom is 0.222 e. The van der Waals surface area contributed by atoms with Crippen LogP contribution in [0.1, 0.15) is 25.7 Å². The predicted molar refractivity (Wildman–Crippen MR) is 70.7 cm³/mol. The molecule has 0 aromatic heterocycles. The first-order valence-electron chi connectivity index (χ1n) is 7.41. The third kappa shape index (κ3) is 2.93. The van der Waals surface area contributed by atoms with E-state index >= 15 is 0 Å². The van der Waals surface area contributed by atoms with Crippen molar-refractivity contribution >= 4 is 5.91 Å². The number of rotatable bonds is 2. The van der Waals surface area contributed by atoms with Gasteiger partial charge in [-0.1, -0.05) is 0 Å². The van der Waals surface area contributed by atoms with Gasteiger partial charge in [-0.3, -0.25) is 4.79 Å². The topological polar surface area (TPSA) is 42.0 Å². The zero-order chi connectivity index (χ0) is 13.3. The lowest BCUT2D eigenvalue weighted by atomic mass is 10.0. The number of amides is 1. The molecule has 3 aliphatic rings. The Labute approximate surface area is 114 Å². The molecule has 3 heterocycles. The zero-order valence-corrected chi connectivity index (χ0v) is 11.8. The number of likely N-dealkylation sites (tertiary alicyclic amines) is 2. The first kappa shape index (κ1) is 13.3. The maximum atomic E-state index is 12.3. The van der Waals surface area contributed by atoms with Crippen molar-refractivity contribution in [2.24, 2.45) is 5.92 Å². The molecule has 108 valence electrons. The van der Waals surface area contributed by atoms with Crippen LogP contribution in [0.4, 0.5) is 0 Å². The van der Waals surface area contributed by atoms with E-state index in [1.807, 2.05) is 4.90 Å². The van der Waals surface area contributed by atoms with Gasteiger partial charge >= 0.3 is 0 Å². The Bertz CT molecular complexity index is 332. The number of hydrogen-bond donors (Lipinski definition) is 0. The van der Waals surface area contributed by atoms with Gasteiger partial charge in [-0.2, -0.15) is 0 Å². The third-order valence-electron chi connectivity index (χ3n) is 4.64. The molecule has 3 aliphatic heterocycles. The second kappa shape index (κ2) is 5.38. The van der Waals surface area contributed by atoms with Crippen molar-refractivity contribution < 1.29 is 14.3 Å². The zero-order valence-electron chi connectivity index (χ0n) is 11.8. The Morgan fingerprint density at radius 3 is 2.47 bits per heavy atom. The van der Waals surface area contributed by atoms with Crippen molar-refractivity contribution in [3.63, 3.8) is 0 Å². The minimum absolute atomic E-state index is 0.313. The summed E-state index contributed by atoms with van der Waals surface area (Å²) in [5.41, 5.74) is 0. The van der Waals surface area contributed by atoms with Crippen molar-refractivity contribution in [2.45, 2.75) is 31.5 Å². The van der Waals surface area contributed by atoms with Gasteiger partial charge in [0.2, 0.25) is 5.91 Å². The van der Waals surface area contributed by atoms with Gasteiger partial charge in [-0.15, -0.1) is 0 Å². The van der Waals surface area contributed by atoms with Crippen LogP contribution in [0.5, 0.6) is 0 Å². The first-order valence-corrected chi connectivity index (χ1v) is 7.41. The fourth-order valence-electron chi connectivity index (χ4n) is 3.45. The largest absolute Gasteiger partial charge is 0.347 e. The summed E-state index contributed by atoms with van der Waals surface area (Å²) in [6.07, 6.45) is 3.51. The Morgan fingerprint density at radius 1 is 1.21 bits per heavy atom. The summed E-state index contributed by atoms with van der Waals surface area (Å²) >= 11 is 0. The van der Waals surface area contributed by atoms with Crippen LogP contribution in [-0.4, -0.2) is 67.9 Å². The summed E-state index contributed by atoms with van der Waals surface area (Å²) in [5.74, 6) is 0.491. The molecule has 0 saturated carbocycles. The van der Waals surface area contributed by atoms with Crippen LogP contribution in [0.15, 0.2) is 0 Å². The number of nitrogens with zero attached hydrogens (tertiary/aromatic N) is 2. The van der Waals surface area contributed by atoms with E-state index in [4.69, 9.17) is 9.47 Å². The Kier molecular flexibility index (Phi) is 3.78. The van der Waals surface area contributed by atoms with Gasteiger partial charge in [-0.05, 0) is 25.9 Å². The highest BCUT2D eigenvalue weighted by Crippen LogP contribution is 2.31. The van der Waals surface area contributed by atoms with Gasteiger partial charge in [0.05, 0.1) is 13.2 Å². The lowest BCUT2D eigenvalue weighted by Gasteiger charge is -2.37. The molecule has 3 rings (SSSR count). The minimum Gasteiger partial charge on any atom is -0.347 e. The molecule has 0 aliphatic carbocycles. The molecule has 1 unspecified atom stereocenters. The highest BCUT2D eigenvalue weighted by atomic mass is 16.7. The van der Waals surface area contributed by atoms with Crippen LogP contribution in [-0.2, 0) is 14.3 Å². The molecule has 5 nitrogen and oxygen atoms in total. The quantitative estimate of drug-likeness (QED) is 0.739. The standard InChI is InChI=1S/C14H24N2O3/c1-15-5-2-12(11-15)10-13(17)16-6-3-14(4-7-16)18-8-9-19-14/h12H,2-11H2,1H3. The molecular weight excluding hydrogens is 244 g/mol. The van der Waals surface area contributed by atoms with E-state index in [0.717, 1.165) is 45.4 Å². The molecule has 1 spiro atoms. The molecule has 3 fully saturated rings. The number of hydrogen-bond acceptors (Lipinski definition) is 4. The van der Waals surface area contributed by atoms with Crippen molar-refractivity contribution in [3.8, 4) is 0 Å². The molecule has 0 aromatic carbocycles. The Hall–Kier alpha value is -0.650. The molecular formula is C14H24N2O3. The normalized spacial score (nSPS) is 31.2. The predicted octanol–water partition coefficient (Wildman–Crippen LogP) is 0.694. The highest BCUT2D eigenvalue weighted by Gasteiger charge is 2.40. The fourth-order valence-corrected chi connectivity index (χ4v) is 3.45. The first-order chi connectivity index (χ1) is 9.17. The van der Waals surface area contributed by atoms with Gasteiger partial charge in [0, 0.05) is 38.9 Å². The van der Waals surface area contributed by atoms with Gasteiger partial charge < -0.3 is 19.3 Å². The molecule has 0 aromatic rings. The molecule has 19 heavy (non-hydrogen) atoms. The summed E-state index contributed by atoms with van der Waals surface area (Å²) in [6.45, 7) is 5.14. The van der Waals surface area contributed by atoms with Crippen LogP contribution in [0.2, 0.25) is 0 Å². The monoisotopic (exact) mass is 268 g/mol. The van der Waals surface area contributed by atoms with Crippen LogP contribution < -0.4 is 0 Å². The van der Waals surface area contributed by atoms with Crippen LogP contribution in [0.25, 0.3) is 0 Å². The maximum absolute atomic E-state index is 12.3. The van der Waals surface area contributed by atoms with Crippen molar-refractivity contribution in [1.82, 2.24) is 9.80 Å². The van der Waals surface area contributed by atoms with Crippen LogP contribution in [0, 0.1) is 5.92 Å². The molecule has 5 heteroatoms. The van der Waals surface area contributed by atoms with Gasteiger partial charge in [0.25, 0.3) is 0 Å². The summed E-state index contributed by atoms with van der Waals surface area (Å²) in [4.78, 5) is 16.6. The number of ether oxygens (including phenoxy) is 2.